The first kappa shape index (κ1) is 30.4. The van der Waals surface area contributed by atoms with Crippen LogP contribution in [0.4, 0.5) is 0 Å². The second-order valence-electron chi connectivity index (χ2n) is 12.6. The summed E-state index contributed by atoms with van der Waals surface area (Å²) in [6, 6.07) is 29.5. The van der Waals surface area contributed by atoms with Crippen molar-refractivity contribution in [2.45, 2.75) is 50.6 Å². The number of likely N-dealkylation sites (tertiary alicyclic amines) is 2. The third-order valence-corrected chi connectivity index (χ3v) is 9.55. The van der Waals surface area contributed by atoms with Gasteiger partial charge in [0.15, 0.2) is 11.2 Å². The molecule has 0 saturated carbocycles. The van der Waals surface area contributed by atoms with Crippen molar-refractivity contribution in [1.82, 2.24) is 15.1 Å². The molecule has 8 nitrogen and oxygen atoms in total. The summed E-state index contributed by atoms with van der Waals surface area (Å²) in [4.78, 5) is 56.5. The number of rotatable bonds is 8. The van der Waals surface area contributed by atoms with Crippen molar-refractivity contribution in [2.75, 3.05) is 19.6 Å². The number of carbonyl (C=O) groups is 3. The van der Waals surface area contributed by atoms with E-state index in [1.165, 1.54) is 17.2 Å². The molecule has 47 heavy (non-hydrogen) atoms. The number of carbonyl (C=O) groups excluding carboxylic acids is 3. The normalized spacial score (nSPS) is 16.1. The van der Waals surface area contributed by atoms with Crippen LogP contribution in [0.1, 0.15) is 58.8 Å². The van der Waals surface area contributed by atoms with Crippen LogP contribution in [-0.4, -0.2) is 53.2 Å². The van der Waals surface area contributed by atoms with E-state index in [1.807, 2.05) is 64.4 Å². The van der Waals surface area contributed by atoms with Gasteiger partial charge in [0, 0.05) is 45.1 Å². The third-order valence-electron chi connectivity index (χ3n) is 9.55. The quantitative estimate of drug-likeness (QED) is 0.234. The Morgan fingerprint density at radius 1 is 0.830 bits per heavy atom. The number of nitrogens with zero attached hydrogens (tertiary/aromatic N) is 2. The van der Waals surface area contributed by atoms with E-state index in [0.29, 0.717) is 43.4 Å². The van der Waals surface area contributed by atoms with E-state index < -0.39 is 11.9 Å². The molecular formula is C39H37N3O5. The highest BCUT2D eigenvalue weighted by Gasteiger charge is 2.32. The lowest BCUT2D eigenvalue weighted by Crippen LogP contribution is -2.51. The topological polar surface area (TPSA) is 99.9 Å². The van der Waals surface area contributed by atoms with Gasteiger partial charge in [-0.3, -0.25) is 19.2 Å². The molecule has 2 aliphatic rings. The highest BCUT2D eigenvalue weighted by Crippen LogP contribution is 2.32. The van der Waals surface area contributed by atoms with Crippen molar-refractivity contribution in [3.63, 3.8) is 0 Å². The van der Waals surface area contributed by atoms with Gasteiger partial charge in [-0.25, -0.2) is 0 Å². The third kappa shape index (κ3) is 6.54. The van der Waals surface area contributed by atoms with Gasteiger partial charge in [-0.1, -0.05) is 78.9 Å². The molecule has 3 amide bonds. The zero-order valence-corrected chi connectivity index (χ0v) is 26.2. The van der Waals surface area contributed by atoms with Gasteiger partial charge in [0.2, 0.25) is 11.8 Å². The van der Waals surface area contributed by atoms with E-state index in [9.17, 15) is 19.2 Å². The summed E-state index contributed by atoms with van der Waals surface area (Å²) < 4.78 is 5.81. The molecule has 0 unspecified atom stereocenters. The summed E-state index contributed by atoms with van der Waals surface area (Å²) in [5, 5.41) is 5.46. The molecular weight excluding hydrogens is 590 g/mol. The molecule has 0 bridgehead atoms. The average molecular weight is 628 g/mol. The Kier molecular flexibility index (Phi) is 8.57. The monoisotopic (exact) mass is 627 g/mol. The van der Waals surface area contributed by atoms with Gasteiger partial charge in [-0.2, -0.15) is 0 Å². The van der Waals surface area contributed by atoms with Crippen LogP contribution in [0.5, 0.6) is 0 Å². The summed E-state index contributed by atoms with van der Waals surface area (Å²) in [7, 11) is 0. The molecule has 7 rings (SSSR count). The van der Waals surface area contributed by atoms with Gasteiger partial charge in [0.1, 0.15) is 11.6 Å². The largest absolute Gasteiger partial charge is 0.451 e. The Bertz CT molecular complexity index is 2030. The SMILES string of the molecule is O=C(N[C@H](Cc1ccc2ccccc2c1)C(=O)N1CCC(c2ccccc2CN2CCCC2=O)CC1)c1cc(=O)c2ccccc2o1. The van der Waals surface area contributed by atoms with Crippen LogP contribution in [-0.2, 0) is 22.6 Å². The predicted molar refractivity (Wildman–Crippen MR) is 181 cm³/mol. The number of piperidine rings is 1. The number of benzene rings is 4. The van der Waals surface area contributed by atoms with Gasteiger partial charge in [0.25, 0.3) is 5.91 Å². The molecule has 3 heterocycles. The zero-order chi connectivity index (χ0) is 32.3. The second-order valence-corrected chi connectivity index (χ2v) is 12.6. The fraction of sp³-hybridized carbons (Fsp3) is 0.282. The average Bonchev–Trinajstić information content (AvgIpc) is 3.51. The number of amides is 3. The Balaban J connectivity index is 1.10. The maximum Gasteiger partial charge on any atom is 0.287 e. The second kappa shape index (κ2) is 13.2. The van der Waals surface area contributed by atoms with Crippen molar-refractivity contribution in [3.8, 4) is 0 Å². The van der Waals surface area contributed by atoms with Gasteiger partial charge in [0.05, 0.1) is 5.39 Å². The molecule has 1 aromatic heterocycles. The zero-order valence-electron chi connectivity index (χ0n) is 26.2. The van der Waals surface area contributed by atoms with Crippen molar-refractivity contribution in [3.05, 3.63) is 130 Å². The van der Waals surface area contributed by atoms with Crippen LogP contribution < -0.4 is 10.7 Å². The number of nitrogens with one attached hydrogen (secondary N) is 1. The highest BCUT2D eigenvalue weighted by atomic mass is 16.3. The van der Waals surface area contributed by atoms with Crippen molar-refractivity contribution < 1.29 is 18.8 Å². The minimum absolute atomic E-state index is 0.128. The molecule has 0 aliphatic carbocycles. The number of hydrogen-bond donors (Lipinski definition) is 1. The van der Waals surface area contributed by atoms with Crippen LogP contribution in [0.15, 0.2) is 106 Å². The van der Waals surface area contributed by atoms with E-state index in [-0.39, 0.29) is 28.9 Å². The van der Waals surface area contributed by atoms with Crippen LogP contribution in [0.25, 0.3) is 21.7 Å². The molecule has 238 valence electrons. The molecule has 1 atom stereocenters. The minimum atomic E-state index is -0.856. The lowest BCUT2D eigenvalue weighted by atomic mass is 9.86. The van der Waals surface area contributed by atoms with Gasteiger partial charge in [-0.15, -0.1) is 0 Å². The number of fused-ring (bicyclic) bond motifs is 2. The Morgan fingerprint density at radius 3 is 2.38 bits per heavy atom. The molecule has 0 radical (unpaired) electrons. The van der Waals surface area contributed by atoms with E-state index in [4.69, 9.17) is 4.42 Å². The van der Waals surface area contributed by atoms with Gasteiger partial charge in [-0.05, 0) is 64.8 Å². The van der Waals surface area contributed by atoms with Crippen LogP contribution in [0.3, 0.4) is 0 Å². The maximum atomic E-state index is 14.2. The van der Waals surface area contributed by atoms with Crippen LogP contribution >= 0.6 is 0 Å². The van der Waals surface area contributed by atoms with Crippen molar-refractivity contribution in [2.24, 2.45) is 0 Å². The molecule has 0 spiro atoms. The van der Waals surface area contributed by atoms with Crippen LogP contribution in [0, 0.1) is 0 Å². The van der Waals surface area contributed by atoms with E-state index in [2.05, 4.69) is 17.4 Å². The first-order valence-corrected chi connectivity index (χ1v) is 16.4. The fourth-order valence-corrected chi connectivity index (χ4v) is 7.03. The predicted octanol–water partition coefficient (Wildman–Crippen LogP) is 5.82. The molecule has 2 saturated heterocycles. The van der Waals surface area contributed by atoms with Crippen molar-refractivity contribution in [1.29, 1.82) is 0 Å². The molecule has 4 aromatic carbocycles. The Morgan fingerprint density at radius 2 is 1.57 bits per heavy atom. The summed E-state index contributed by atoms with van der Waals surface area (Å²) in [6.45, 7) is 2.53. The molecule has 5 aromatic rings. The van der Waals surface area contributed by atoms with Crippen molar-refractivity contribution >= 4 is 39.5 Å². The number of para-hydroxylation sites is 1. The molecule has 2 aliphatic heterocycles. The lowest BCUT2D eigenvalue weighted by Gasteiger charge is -2.35. The lowest BCUT2D eigenvalue weighted by molar-refractivity contribution is -0.134. The minimum Gasteiger partial charge on any atom is -0.451 e. The standard InChI is InChI=1S/C39H37N3O5/c43-34-24-36(47-35-13-6-5-12-32(34)35)38(45)40-33(23-26-15-16-27-8-1-2-9-29(27)22-26)39(46)41-20-17-28(18-21-41)31-11-4-3-10-30(31)25-42-19-7-14-37(42)44/h1-6,8-13,15-16,22,24,28,33H,7,14,17-21,23,25H2,(H,40,45)/t33-/m1/s1. The summed E-state index contributed by atoms with van der Waals surface area (Å²) >= 11 is 0. The van der Waals surface area contributed by atoms with E-state index in [1.54, 1.807) is 24.3 Å². The maximum absolute atomic E-state index is 14.2. The first-order chi connectivity index (χ1) is 22.9. The fourth-order valence-electron chi connectivity index (χ4n) is 7.03. The first-order valence-electron chi connectivity index (χ1n) is 16.4. The van der Waals surface area contributed by atoms with Gasteiger partial charge >= 0.3 is 0 Å². The smallest absolute Gasteiger partial charge is 0.287 e. The van der Waals surface area contributed by atoms with E-state index >= 15 is 0 Å². The molecule has 1 N–H and O–H groups in total. The summed E-state index contributed by atoms with van der Waals surface area (Å²) in [6.07, 6.45) is 3.39. The Labute approximate surface area is 273 Å². The van der Waals surface area contributed by atoms with Crippen LogP contribution in [0.2, 0.25) is 0 Å². The molecule has 8 heteroatoms. The van der Waals surface area contributed by atoms with Gasteiger partial charge < -0.3 is 19.5 Å². The molecule has 2 fully saturated rings. The Hall–Kier alpha value is -5.24. The summed E-state index contributed by atoms with van der Waals surface area (Å²) in [5.74, 6) is -0.413. The highest BCUT2D eigenvalue weighted by molar-refractivity contribution is 5.97. The summed E-state index contributed by atoms with van der Waals surface area (Å²) in [5.41, 5.74) is 3.34. The van der Waals surface area contributed by atoms with E-state index in [0.717, 1.165) is 42.1 Å². The number of hydrogen-bond acceptors (Lipinski definition) is 5.